The van der Waals surface area contributed by atoms with Gasteiger partial charge in [0.15, 0.2) is 0 Å². The molecule has 1 aliphatic carbocycles. The number of aryl methyl sites for hydroxylation is 2. The van der Waals surface area contributed by atoms with Gasteiger partial charge in [-0.1, -0.05) is 6.92 Å². The molecule has 20 heavy (non-hydrogen) atoms. The van der Waals surface area contributed by atoms with Crippen LogP contribution in [-0.2, 0) is 19.9 Å². The molecule has 0 aromatic carbocycles. The van der Waals surface area contributed by atoms with Crippen molar-refractivity contribution in [1.29, 1.82) is 0 Å². The van der Waals surface area contributed by atoms with Gasteiger partial charge in [-0.2, -0.15) is 0 Å². The molecule has 0 saturated heterocycles. The molecule has 108 valence electrons. The van der Waals surface area contributed by atoms with Gasteiger partial charge in [0.2, 0.25) is 0 Å². The lowest BCUT2D eigenvalue weighted by atomic mass is 9.81. The number of thiophene rings is 1. The second-order valence-corrected chi connectivity index (χ2v) is 6.62. The van der Waals surface area contributed by atoms with Gasteiger partial charge in [-0.05, 0) is 42.8 Å². The summed E-state index contributed by atoms with van der Waals surface area (Å²) >= 11 is 1.93. The number of hydrogen-bond donors (Lipinski definition) is 1. The van der Waals surface area contributed by atoms with Crippen molar-refractivity contribution in [2.75, 3.05) is 6.54 Å². The van der Waals surface area contributed by atoms with Gasteiger partial charge in [0, 0.05) is 42.7 Å². The number of rotatable bonds is 5. The Labute approximate surface area is 125 Å². The van der Waals surface area contributed by atoms with Crippen LogP contribution in [0.15, 0.2) is 23.8 Å². The Morgan fingerprint density at radius 1 is 1.55 bits per heavy atom. The van der Waals surface area contributed by atoms with Crippen molar-refractivity contribution >= 4 is 11.3 Å². The lowest BCUT2D eigenvalue weighted by Gasteiger charge is -2.31. The molecule has 2 atom stereocenters. The summed E-state index contributed by atoms with van der Waals surface area (Å²) in [6.07, 6.45) is 8.83. The first-order chi connectivity index (χ1) is 9.79. The van der Waals surface area contributed by atoms with Crippen LogP contribution >= 0.6 is 11.3 Å². The quantitative estimate of drug-likeness (QED) is 0.916. The molecule has 4 heteroatoms. The second-order valence-electron chi connectivity index (χ2n) is 5.62. The van der Waals surface area contributed by atoms with Crippen LogP contribution in [0.3, 0.4) is 0 Å². The minimum atomic E-state index is 0.495. The Balaban J connectivity index is 1.83. The van der Waals surface area contributed by atoms with Crippen molar-refractivity contribution in [1.82, 2.24) is 14.9 Å². The third-order valence-corrected chi connectivity index (χ3v) is 5.37. The minimum absolute atomic E-state index is 0.495. The lowest BCUT2D eigenvalue weighted by molar-refractivity contribution is 0.390. The Kier molecular flexibility index (Phi) is 4.22. The second kappa shape index (κ2) is 6.10. The van der Waals surface area contributed by atoms with E-state index in [9.17, 15) is 0 Å². The summed E-state index contributed by atoms with van der Waals surface area (Å²) in [5, 5.41) is 5.96. The monoisotopic (exact) mass is 289 g/mol. The third-order valence-electron chi connectivity index (χ3n) is 4.37. The molecule has 1 aliphatic rings. The topological polar surface area (TPSA) is 29.9 Å². The summed E-state index contributed by atoms with van der Waals surface area (Å²) in [7, 11) is 2.09. The van der Waals surface area contributed by atoms with Crippen LogP contribution in [0, 0.1) is 0 Å². The Morgan fingerprint density at radius 3 is 3.20 bits per heavy atom. The zero-order chi connectivity index (χ0) is 13.9. The maximum atomic E-state index is 4.50. The van der Waals surface area contributed by atoms with Crippen LogP contribution in [0.1, 0.15) is 41.9 Å². The van der Waals surface area contributed by atoms with Crippen molar-refractivity contribution in [3.63, 3.8) is 0 Å². The van der Waals surface area contributed by atoms with Gasteiger partial charge in [-0.25, -0.2) is 4.98 Å². The first kappa shape index (κ1) is 13.8. The maximum absolute atomic E-state index is 4.50. The van der Waals surface area contributed by atoms with Crippen molar-refractivity contribution in [3.05, 3.63) is 40.1 Å². The molecule has 0 amide bonds. The third kappa shape index (κ3) is 2.67. The number of nitrogens with one attached hydrogen (secondary N) is 1. The Bertz CT molecular complexity index is 558. The molecule has 0 radical (unpaired) electrons. The highest BCUT2D eigenvalue weighted by molar-refractivity contribution is 7.10. The van der Waals surface area contributed by atoms with Gasteiger partial charge in [-0.15, -0.1) is 11.3 Å². The highest BCUT2D eigenvalue weighted by Gasteiger charge is 2.29. The molecule has 2 aromatic rings. The van der Waals surface area contributed by atoms with Crippen molar-refractivity contribution in [2.24, 2.45) is 7.05 Å². The van der Waals surface area contributed by atoms with E-state index in [1.807, 2.05) is 23.7 Å². The molecule has 3 nitrogen and oxygen atoms in total. The Morgan fingerprint density at radius 2 is 2.45 bits per heavy atom. The molecule has 0 bridgehead atoms. The van der Waals surface area contributed by atoms with Crippen LogP contribution < -0.4 is 5.32 Å². The predicted molar refractivity (Wildman–Crippen MR) is 84.4 cm³/mol. The van der Waals surface area contributed by atoms with Crippen molar-refractivity contribution in [3.8, 4) is 0 Å². The fraction of sp³-hybridized carbons (Fsp3) is 0.562. The first-order valence-electron chi connectivity index (χ1n) is 7.55. The molecule has 2 aromatic heterocycles. The number of likely N-dealkylation sites (N-methyl/N-ethyl adjacent to an activating group) is 1. The zero-order valence-electron chi connectivity index (χ0n) is 12.3. The van der Waals surface area contributed by atoms with Crippen LogP contribution in [-0.4, -0.2) is 22.1 Å². The number of imidazole rings is 1. The van der Waals surface area contributed by atoms with E-state index in [-0.39, 0.29) is 0 Å². The fourth-order valence-electron chi connectivity index (χ4n) is 3.35. The predicted octanol–water partition coefficient (Wildman–Crippen LogP) is 3.12. The highest BCUT2D eigenvalue weighted by Crippen LogP contribution is 2.37. The van der Waals surface area contributed by atoms with Crippen LogP contribution in [0.4, 0.5) is 0 Å². The van der Waals surface area contributed by atoms with E-state index in [0.29, 0.717) is 12.0 Å². The number of aromatic nitrogens is 2. The van der Waals surface area contributed by atoms with Crippen molar-refractivity contribution in [2.45, 2.75) is 44.6 Å². The minimum Gasteiger partial charge on any atom is -0.338 e. The van der Waals surface area contributed by atoms with Crippen molar-refractivity contribution < 1.29 is 0 Å². The highest BCUT2D eigenvalue weighted by atomic mass is 32.1. The summed E-state index contributed by atoms with van der Waals surface area (Å²) in [4.78, 5) is 6.10. The number of nitrogens with zero attached hydrogens (tertiary/aromatic N) is 2. The number of fused-ring (bicyclic) bond motifs is 1. The molecular weight excluding hydrogens is 266 g/mol. The van der Waals surface area contributed by atoms with Gasteiger partial charge in [0.25, 0.3) is 0 Å². The molecule has 0 saturated carbocycles. The summed E-state index contributed by atoms with van der Waals surface area (Å²) in [5.41, 5.74) is 1.58. The van der Waals surface area contributed by atoms with Crippen LogP contribution in [0.2, 0.25) is 0 Å². The van der Waals surface area contributed by atoms with Crippen LogP contribution in [0.25, 0.3) is 0 Å². The Hall–Kier alpha value is -1.13. The lowest BCUT2D eigenvalue weighted by Crippen LogP contribution is -2.38. The van der Waals surface area contributed by atoms with E-state index in [1.165, 1.54) is 25.1 Å². The number of hydrogen-bond acceptors (Lipinski definition) is 3. The van der Waals surface area contributed by atoms with Gasteiger partial charge < -0.3 is 9.88 Å². The molecule has 0 fully saturated rings. The molecule has 3 rings (SSSR count). The van der Waals surface area contributed by atoms with Gasteiger partial charge in [0.05, 0.1) is 0 Å². The van der Waals surface area contributed by atoms with Gasteiger partial charge >= 0.3 is 0 Å². The normalized spacial score (nSPS) is 19.8. The van der Waals surface area contributed by atoms with Gasteiger partial charge in [-0.3, -0.25) is 0 Å². The summed E-state index contributed by atoms with van der Waals surface area (Å²) < 4.78 is 2.14. The molecule has 0 aliphatic heterocycles. The largest absolute Gasteiger partial charge is 0.338 e. The average molecular weight is 289 g/mol. The van der Waals surface area contributed by atoms with E-state index in [4.69, 9.17) is 0 Å². The SMILES string of the molecule is CCNC(Cc1nccn1C)C1CCCc2sccc21. The standard InChI is InChI=1S/C16H23N3S/c1-3-17-14(11-16-18-8-9-19(16)2)12-5-4-6-15-13(12)7-10-20-15/h7-10,12,14,17H,3-6,11H2,1-2H3. The molecule has 1 N–H and O–H groups in total. The van der Waals surface area contributed by atoms with E-state index in [2.05, 4.69) is 40.3 Å². The zero-order valence-corrected chi connectivity index (χ0v) is 13.1. The van der Waals surface area contributed by atoms with Crippen LogP contribution in [0.5, 0.6) is 0 Å². The maximum Gasteiger partial charge on any atom is 0.109 e. The molecular formula is C16H23N3S. The van der Waals surface area contributed by atoms with E-state index >= 15 is 0 Å². The summed E-state index contributed by atoms with van der Waals surface area (Å²) in [6, 6.07) is 2.84. The van der Waals surface area contributed by atoms with E-state index < -0.39 is 0 Å². The smallest absolute Gasteiger partial charge is 0.109 e. The molecule has 0 spiro atoms. The summed E-state index contributed by atoms with van der Waals surface area (Å²) in [6.45, 7) is 3.22. The molecule has 2 unspecified atom stereocenters. The average Bonchev–Trinajstić information content (AvgIpc) is 3.07. The van der Waals surface area contributed by atoms with Gasteiger partial charge in [0.1, 0.15) is 5.82 Å². The molecule has 2 heterocycles. The van der Waals surface area contributed by atoms with E-state index in [0.717, 1.165) is 13.0 Å². The fourth-order valence-corrected chi connectivity index (χ4v) is 4.35. The summed E-state index contributed by atoms with van der Waals surface area (Å²) in [5.74, 6) is 1.82. The van der Waals surface area contributed by atoms with E-state index in [1.54, 1.807) is 10.4 Å². The first-order valence-corrected chi connectivity index (χ1v) is 8.43.